The molecule has 0 fully saturated rings. The topological polar surface area (TPSA) is 418 Å². The Bertz CT molecular complexity index is 6360. The van der Waals surface area contributed by atoms with E-state index >= 15 is 0 Å². The molecular formula is C82H75BrCl3F6LiN14O17Si2. The van der Waals surface area contributed by atoms with Crippen molar-refractivity contribution in [3.63, 3.8) is 0 Å². The van der Waals surface area contributed by atoms with E-state index in [4.69, 9.17) is 81.9 Å². The molecule has 0 saturated carbocycles. The van der Waals surface area contributed by atoms with Gasteiger partial charge in [0.2, 0.25) is 0 Å². The number of amides is 2. The van der Waals surface area contributed by atoms with Crippen molar-refractivity contribution >= 4 is 163 Å². The van der Waals surface area contributed by atoms with Crippen LogP contribution in [0, 0.1) is 0 Å². The largest absolute Gasteiger partial charge is 1.00 e. The molecular weight excluding hydrogens is 1820 g/mol. The number of hydrogen-bond acceptors (Lipinski definition) is 25. The number of carbonyl (C=O) groups is 4. The van der Waals surface area contributed by atoms with E-state index in [2.05, 4.69) is 125 Å². The molecule has 16 rings (SSSR count). The number of aromatic carboxylic acids is 1. The molecule has 654 valence electrons. The van der Waals surface area contributed by atoms with Crippen molar-refractivity contribution in [3.8, 4) is 51.0 Å². The normalized spacial score (nSPS) is 11.1. The van der Waals surface area contributed by atoms with Crippen molar-refractivity contribution in [1.29, 1.82) is 0 Å². The number of pyridine rings is 5. The van der Waals surface area contributed by atoms with E-state index < -0.39 is 59.7 Å². The van der Waals surface area contributed by atoms with Gasteiger partial charge < -0.3 is 77.5 Å². The predicted octanol–water partition coefficient (Wildman–Crippen LogP) is 18.5. The Labute approximate surface area is 748 Å². The van der Waals surface area contributed by atoms with E-state index in [1.54, 1.807) is 73.4 Å². The van der Waals surface area contributed by atoms with Crippen LogP contribution in [0.2, 0.25) is 66.4 Å². The van der Waals surface area contributed by atoms with Gasteiger partial charge in [-0.1, -0.05) is 74.1 Å². The summed E-state index contributed by atoms with van der Waals surface area (Å²) in [6, 6.07) is 32.1. The van der Waals surface area contributed by atoms with Crippen molar-refractivity contribution in [2.45, 2.75) is 84.7 Å². The molecule has 13 heterocycles. The maximum atomic E-state index is 13.2. The molecule has 0 aliphatic carbocycles. The maximum absolute atomic E-state index is 13.2. The SMILES string of the molecule is Brc1coc2cccnc12.COC(=O)c1coc2cccnc12.C[Si](C)(C)CCOCn1ncc(N)c1-c1cc(Cl)ccc1OC(F)F.C[Si](C)(C)CCOCn1ncc(NC(=O)c2coc3cccnc23)c1-c1cc(Cl)ccc1OC(F)F.O=C(Nc1cn[nH]c1-c1cc(Cl)ccc1OC(F)F)c1coc2cccnc12.O=C(O)c1coc2cccnc12.[Li+].[OH-]. The number of benzene rings is 3. The number of carboxylic acids is 1. The number of fused-ring (bicyclic) bond motifs is 5. The fourth-order valence-electron chi connectivity index (χ4n) is 11.4. The summed E-state index contributed by atoms with van der Waals surface area (Å²) >= 11 is 21.5. The minimum absolute atomic E-state index is 0. The first-order valence-electron chi connectivity index (χ1n) is 36.8. The summed E-state index contributed by atoms with van der Waals surface area (Å²) in [4.78, 5) is 67.9. The summed E-state index contributed by atoms with van der Waals surface area (Å²) in [6.45, 7) is 5.75. The molecule has 7 N–H and O–H groups in total. The number of rotatable bonds is 25. The van der Waals surface area contributed by atoms with Gasteiger partial charge in [-0.15, -0.1) is 0 Å². The first-order valence-corrected chi connectivity index (χ1v) is 46.2. The van der Waals surface area contributed by atoms with Crippen LogP contribution in [0.3, 0.4) is 0 Å². The van der Waals surface area contributed by atoms with Crippen LogP contribution >= 0.6 is 50.7 Å². The van der Waals surface area contributed by atoms with Gasteiger partial charge in [-0.2, -0.15) is 41.6 Å². The van der Waals surface area contributed by atoms with Crippen LogP contribution in [0.4, 0.5) is 43.4 Å². The molecule has 0 radical (unpaired) electrons. The average Bonchev–Trinajstić information content (AvgIpc) is 1.61. The zero-order valence-electron chi connectivity index (χ0n) is 67.8. The molecule has 31 nitrogen and oxygen atoms in total. The third-order valence-electron chi connectivity index (χ3n) is 17.2. The van der Waals surface area contributed by atoms with Crippen LogP contribution in [0.25, 0.3) is 89.3 Å². The van der Waals surface area contributed by atoms with Gasteiger partial charge >= 0.3 is 50.6 Å². The van der Waals surface area contributed by atoms with Crippen molar-refractivity contribution < 1.29 is 125 Å². The summed E-state index contributed by atoms with van der Waals surface area (Å²) in [5, 5.41) is 30.1. The van der Waals surface area contributed by atoms with Crippen LogP contribution in [-0.4, -0.2) is 145 Å². The quantitative estimate of drug-likeness (QED) is 0.0153. The molecule has 126 heavy (non-hydrogen) atoms. The standard InChI is InChI=1S/C24H25ClF2N4O4Si.C18H11ClF2N4O3.C16H22ClF2N3O2Si.C9H7NO3.C8H5NO3.C7H4BrNO.Li.H2O/c1-36(2,3)10-9-33-14-31-22(16-11-15(25)6-7-19(16)35-24(26)27)18(12-29-31)30-23(32)17-13-34-20-5-4-8-28-21(17)20;19-9-3-4-13(28-18(20)21)10(6-9)15-12(7-23-25-15)24-17(26)11-8-27-14-2-1-5-22-16(11)14;1-25(2,3)7-6-23-10-22-15(13(20)9-21-22)12-8-11(17)4-5-14(12)24-16(18)19;1-12-9(11)6-5-13-7-3-2-4-10-8(6)7;10-8(11)5-4-12-6-2-1-3-9-7(5)6;8-5-4-10-6-2-1-3-9-7(5)6;;/h4-8,11-13,24H,9-10,14H2,1-3H3,(H,30,32);1-8,18H,(H,23,25)(H,24,26);4-5,8-9,16H,6-7,10,20H2,1-3H3;2-5H,1H3;1-4H,(H,10,11);1-4H;;1H2/q;;;;;;+1;/p-1. The fraction of sp³-hybridized carbons (Fsp3) is 0.195. The number of nitrogens with two attached hydrogens (primary N) is 1. The molecule has 13 aromatic heterocycles. The van der Waals surface area contributed by atoms with Gasteiger partial charge in [0, 0.05) is 92.1 Å². The minimum atomic E-state index is -3.06. The molecule has 0 atom stereocenters. The number of alkyl halides is 6. The smallest absolute Gasteiger partial charge is 0.870 e. The average molecular weight is 1890 g/mol. The Morgan fingerprint density at radius 2 is 0.873 bits per heavy atom. The molecule has 0 aliphatic heterocycles. The Balaban J connectivity index is 0.000000180. The first kappa shape index (κ1) is 97.5. The summed E-state index contributed by atoms with van der Waals surface area (Å²) in [6.07, 6.45) is 18.9. The number of halogens is 10. The van der Waals surface area contributed by atoms with Crippen molar-refractivity contribution in [2.75, 3.05) is 36.7 Å². The molecule has 0 unspecified atom stereocenters. The van der Waals surface area contributed by atoms with Crippen LogP contribution in [-0.2, 0) is 27.7 Å². The zero-order chi connectivity index (χ0) is 88.9. The molecule has 0 bridgehead atoms. The summed E-state index contributed by atoms with van der Waals surface area (Å²) in [5.74, 6) is -2.72. The number of ether oxygens (including phenoxy) is 6. The number of H-pyrrole nitrogens is 1. The van der Waals surface area contributed by atoms with Gasteiger partial charge in [0.05, 0.1) is 64.3 Å². The monoisotopic (exact) mass is 1890 g/mol. The van der Waals surface area contributed by atoms with Gasteiger partial charge in [-0.05, 0) is 143 Å². The van der Waals surface area contributed by atoms with E-state index in [9.17, 15) is 45.5 Å². The van der Waals surface area contributed by atoms with Crippen molar-refractivity contribution in [2.24, 2.45) is 0 Å². The van der Waals surface area contributed by atoms with E-state index in [0.29, 0.717) is 101 Å². The Morgan fingerprint density at radius 1 is 0.508 bits per heavy atom. The molecule has 44 heteroatoms. The number of aromatic amines is 1. The van der Waals surface area contributed by atoms with Gasteiger partial charge in [-0.25, -0.2) is 19.0 Å². The summed E-state index contributed by atoms with van der Waals surface area (Å²) in [5.41, 5.74) is 14.9. The number of aromatic nitrogens is 11. The number of nitrogen functional groups attached to an aromatic ring is 1. The van der Waals surface area contributed by atoms with Crippen molar-refractivity contribution in [3.05, 3.63) is 238 Å². The second kappa shape index (κ2) is 45.0. The zero-order valence-corrected chi connectivity index (χ0v) is 73.7. The van der Waals surface area contributed by atoms with Gasteiger partial charge in [-0.3, -0.25) is 39.6 Å². The Morgan fingerprint density at radius 3 is 1.30 bits per heavy atom. The van der Waals surface area contributed by atoms with Gasteiger partial charge in [0.1, 0.15) is 112 Å². The second-order valence-corrected chi connectivity index (χ2v) is 41.8. The number of nitrogens with zero attached hydrogens (tertiary/aromatic N) is 10. The second-order valence-electron chi connectivity index (χ2n) is 28.4. The molecule has 0 saturated heterocycles. The summed E-state index contributed by atoms with van der Waals surface area (Å²) < 4.78 is 137. The fourth-order valence-corrected chi connectivity index (χ4v) is 13.8. The predicted molar refractivity (Wildman–Crippen MR) is 461 cm³/mol. The number of esters is 1. The molecule has 2 amide bonds. The first-order chi connectivity index (χ1) is 59.3. The van der Waals surface area contributed by atoms with Crippen LogP contribution in [0.15, 0.2) is 223 Å². The van der Waals surface area contributed by atoms with Gasteiger partial charge in [0.25, 0.3) is 11.8 Å². The van der Waals surface area contributed by atoms with E-state index in [-0.39, 0.29) is 99.9 Å². The van der Waals surface area contributed by atoms with Gasteiger partial charge in [0.15, 0.2) is 27.9 Å². The van der Waals surface area contributed by atoms with E-state index in [0.717, 1.165) is 27.7 Å². The van der Waals surface area contributed by atoms with Crippen LogP contribution < -0.4 is 49.4 Å². The Kier molecular flexibility index (Phi) is 34.8. The third-order valence-corrected chi connectivity index (χ3v) is 21.9. The van der Waals surface area contributed by atoms with E-state index in [1.807, 2.05) is 12.1 Å². The number of furan rings is 5. The molecule has 0 aliphatic rings. The third kappa shape index (κ3) is 26.2. The summed E-state index contributed by atoms with van der Waals surface area (Å²) in [7, 11) is -1.20. The van der Waals surface area contributed by atoms with Crippen LogP contribution in [0.5, 0.6) is 17.2 Å². The maximum Gasteiger partial charge on any atom is 1.00 e. The molecule has 3 aromatic carbocycles. The van der Waals surface area contributed by atoms with E-state index in [1.165, 1.54) is 127 Å². The number of methoxy groups -OCH3 is 1. The molecule has 0 spiro atoms. The number of carbonyl (C=O) groups excluding carboxylic acids is 3. The van der Waals surface area contributed by atoms with Crippen molar-refractivity contribution in [1.82, 2.24) is 54.7 Å². The number of anilines is 3. The molecule has 16 aromatic rings. The minimum Gasteiger partial charge on any atom is -0.870 e. The Hall–Kier alpha value is -12.3. The van der Waals surface area contributed by atoms with Crippen LogP contribution in [0.1, 0.15) is 41.4 Å². The number of nitrogens with one attached hydrogen (secondary N) is 3. The number of carboxylic acid groups (broad SMARTS) is 1. The number of hydrogen-bond donors (Lipinski definition) is 5.